The van der Waals surface area contributed by atoms with Crippen LogP contribution in [0.4, 0.5) is 0 Å². The molecule has 36 nitrogen and oxygen atoms in total. The number of morpholine rings is 1. The zero-order valence-corrected chi connectivity index (χ0v) is 66.0. The number of carbonyl (C=O) groups is 14. The van der Waals surface area contributed by atoms with Crippen LogP contribution in [0.2, 0.25) is 0 Å². The molecule has 5 saturated heterocycles. The summed E-state index contributed by atoms with van der Waals surface area (Å²) in [6.07, 6.45) is 1.84. The van der Waals surface area contributed by atoms with Gasteiger partial charge in [0.15, 0.2) is 5.96 Å². The molecule has 0 aromatic carbocycles. The summed E-state index contributed by atoms with van der Waals surface area (Å²) in [5.41, 5.74) is 10.4. The maximum Gasteiger partial charge on any atom is 0.305 e. The van der Waals surface area contributed by atoms with E-state index in [2.05, 4.69) is 58.5 Å². The monoisotopic (exact) mass is 1560 g/mol. The molecule has 19 N–H and O–H groups in total. The highest BCUT2D eigenvalue weighted by molar-refractivity contribution is 8.77. The summed E-state index contributed by atoms with van der Waals surface area (Å²) in [5.74, 6) is -14.1. The van der Waals surface area contributed by atoms with Crippen molar-refractivity contribution in [3.8, 4) is 0 Å². The molecule has 38 heteroatoms. The molecule has 5 rings (SSSR count). The van der Waals surface area contributed by atoms with Crippen molar-refractivity contribution in [1.29, 1.82) is 5.41 Å². The Balaban J connectivity index is 1.65. The smallest absolute Gasteiger partial charge is 0.305 e. The van der Waals surface area contributed by atoms with Gasteiger partial charge in [-0.15, -0.1) is 0 Å². The Morgan fingerprint density at radius 1 is 0.685 bits per heavy atom. The molecular formula is C70H120N18O18S2. The van der Waals surface area contributed by atoms with Crippen LogP contribution in [0.5, 0.6) is 0 Å². The molecule has 610 valence electrons. The molecule has 0 saturated carbocycles. The molecule has 5 aliphatic rings. The van der Waals surface area contributed by atoms with Gasteiger partial charge in [0.05, 0.1) is 51.5 Å². The maximum atomic E-state index is 15.4. The molecule has 0 aliphatic carbocycles. The number of carboxylic acid groups (broad SMARTS) is 1. The molecule has 16 atom stereocenters. The lowest BCUT2D eigenvalue weighted by atomic mass is 9.87. The Morgan fingerprint density at radius 3 is 1.82 bits per heavy atom. The number of fused-ring (bicyclic) bond motifs is 2. The van der Waals surface area contributed by atoms with Gasteiger partial charge in [0.1, 0.15) is 66.5 Å². The van der Waals surface area contributed by atoms with E-state index in [1.165, 1.54) is 14.7 Å². The van der Waals surface area contributed by atoms with Crippen molar-refractivity contribution in [2.75, 3.05) is 84.5 Å². The largest absolute Gasteiger partial charge is 0.481 e. The van der Waals surface area contributed by atoms with Crippen LogP contribution in [0.15, 0.2) is 0 Å². The van der Waals surface area contributed by atoms with Crippen molar-refractivity contribution in [3.63, 3.8) is 0 Å². The number of nitrogens with one attached hydrogen (secondary N) is 12. The second-order valence-electron chi connectivity index (χ2n) is 30.5. The number of hydrogen-bond acceptors (Lipinski definition) is 22. The Morgan fingerprint density at radius 2 is 1.25 bits per heavy atom. The van der Waals surface area contributed by atoms with Gasteiger partial charge in [0, 0.05) is 56.3 Å². The third-order valence-corrected chi connectivity index (χ3v) is 24.0. The molecule has 5 fully saturated rings. The van der Waals surface area contributed by atoms with E-state index in [4.69, 9.17) is 21.6 Å². The van der Waals surface area contributed by atoms with Crippen LogP contribution in [0.25, 0.3) is 0 Å². The van der Waals surface area contributed by atoms with E-state index in [-0.39, 0.29) is 83.5 Å². The van der Waals surface area contributed by atoms with Crippen LogP contribution in [-0.4, -0.2) is 291 Å². The second kappa shape index (κ2) is 43.1. The Bertz CT molecular complexity index is 3160. The van der Waals surface area contributed by atoms with Gasteiger partial charge in [-0.05, 0) is 94.8 Å². The summed E-state index contributed by atoms with van der Waals surface area (Å²) in [6.45, 7) is 19.4. The molecule has 0 unspecified atom stereocenters. The van der Waals surface area contributed by atoms with E-state index in [9.17, 15) is 63.3 Å². The van der Waals surface area contributed by atoms with Crippen molar-refractivity contribution in [1.82, 2.24) is 78.1 Å². The summed E-state index contributed by atoms with van der Waals surface area (Å²) in [6, 6.07) is -17.6. The molecular weight excluding hydrogens is 1450 g/mol. The number of aliphatic carboxylic acids is 1. The number of rotatable bonds is 27. The highest BCUT2D eigenvalue weighted by Gasteiger charge is 2.47. The first-order valence-corrected chi connectivity index (χ1v) is 40.0. The van der Waals surface area contributed by atoms with Crippen LogP contribution in [0.1, 0.15) is 160 Å². The molecule has 0 aromatic rings. The average molecular weight is 1570 g/mol. The number of primary amides is 1. The van der Waals surface area contributed by atoms with E-state index in [1.807, 2.05) is 39.5 Å². The zero-order chi connectivity index (χ0) is 80.5. The zero-order valence-electron chi connectivity index (χ0n) is 64.3. The standard InChI is InChI=1S/C70H120N18O18S2/c1-12-38(4)53(83-51(91)34-85-27-29-106-30-28-85)63(101)81-46-37-107-108-70(10,11)50(33-75-55(40(6)14-3)67(105)87-25-17-20-47(87)61(99)77-42(56(71)94)31-52(92)93)82-64(102)54(39(5)13-2)84-62(100)48-21-16-24-86(48)66(104)49-22-18-26-88(49)65(103)43(32-69(7,8)9)78-59(97)45(36-90)79-57(95)41(19-15-23-74-68(72)73)76-58(96)44(35-89)80-60(46)98/h38-50,53-55,75,89-90H,12-37H2,1-11H3,(H2,71,94)(H,76,96)(H,77,99)(H,78,97)(H,79,95)(H,80,98)(H,81,101)(H,82,102)(H,83,91)(H,84,100)(H,92,93)(H4,72,73,74)/t38-,39-,40-,41-,42-,43-,44-,45-,46-,47-,48-,49-,50+,53-,54-,55-/m0/s1. The second-order valence-corrected chi connectivity index (χ2v) is 33.5. The SMILES string of the molecule is CC[C@H](C)[C@H](NC(=O)CN1CCOCC1)C(=O)N[C@H]1CSSC(C)(C)[C@@H](CN[C@H](C(=O)N2CCC[C@H]2C(=O)N[C@@H](CC(=O)O)C(N)=O)[C@@H](C)CC)NC(=O)[C@H]([C@@H](C)CC)NC(=O)[C@@H]2CCCN2C(=O)[C@@H]2CCCN2C(=O)[C@H](CC(C)(C)C)NC(=O)[C@H](CO)NC(=O)[C@H](CCCNC(=N)N)NC(=O)[C@H](CO)NC1=O. The molecule has 5 aliphatic heterocycles. The molecule has 0 aromatic heterocycles. The summed E-state index contributed by atoms with van der Waals surface area (Å²) in [4.78, 5) is 206. The molecule has 0 radical (unpaired) electrons. The van der Waals surface area contributed by atoms with Crippen LogP contribution < -0.4 is 70.0 Å². The number of amides is 13. The summed E-state index contributed by atoms with van der Waals surface area (Å²) >= 11 is 0. The van der Waals surface area contributed by atoms with Gasteiger partial charge < -0.3 is 105 Å². The Labute approximate surface area is 640 Å². The third kappa shape index (κ3) is 26.8. The minimum atomic E-state index is -1.86. The first kappa shape index (κ1) is 91.0. The lowest BCUT2D eigenvalue weighted by molar-refractivity contribution is -0.148. The van der Waals surface area contributed by atoms with Gasteiger partial charge in [-0.25, -0.2) is 0 Å². The van der Waals surface area contributed by atoms with Crippen LogP contribution in [-0.2, 0) is 71.9 Å². The lowest BCUT2D eigenvalue weighted by Crippen LogP contribution is -2.62. The van der Waals surface area contributed by atoms with Gasteiger partial charge in [-0.2, -0.15) is 0 Å². The molecule has 108 heavy (non-hydrogen) atoms. The van der Waals surface area contributed by atoms with Gasteiger partial charge in [0.2, 0.25) is 76.8 Å². The topological polar surface area (TPSA) is 530 Å². The van der Waals surface area contributed by atoms with Crippen molar-refractivity contribution < 1.29 is 87.2 Å². The third-order valence-electron chi connectivity index (χ3n) is 20.6. The number of aliphatic hydroxyl groups is 2. The number of carboxylic acids is 1. The van der Waals surface area contributed by atoms with Crippen molar-refractivity contribution in [2.45, 2.75) is 243 Å². The number of ether oxygens (including phenoxy) is 1. The number of nitrogens with two attached hydrogens (primary N) is 2. The number of guanidine groups is 1. The van der Waals surface area contributed by atoms with Crippen molar-refractivity contribution in [2.24, 2.45) is 34.6 Å². The van der Waals surface area contributed by atoms with Crippen molar-refractivity contribution >= 4 is 110 Å². The Kier molecular flexibility index (Phi) is 36.3. The average Bonchev–Trinajstić information content (AvgIpc) is 1.64. The van der Waals surface area contributed by atoms with Gasteiger partial charge in [0.25, 0.3) is 0 Å². The normalized spacial score (nSPS) is 26.8. The predicted octanol–water partition coefficient (Wildman–Crippen LogP) is -3.43. The first-order valence-electron chi connectivity index (χ1n) is 37.7. The number of carbonyl (C=O) groups excluding carboxylic acids is 13. The van der Waals surface area contributed by atoms with Crippen LogP contribution in [0.3, 0.4) is 0 Å². The van der Waals surface area contributed by atoms with Gasteiger partial charge in [-0.1, -0.05) is 103 Å². The summed E-state index contributed by atoms with van der Waals surface area (Å²) in [7, 11) is 2.15. The van der Waals surface area contributed by atoms with Crippen molar-refractivity contribution in [3.05, 3.63) is 0 Å². The Hall–Kier alpha value is -7.65. The molecule has 0 bridgehead atoms. The molecule has 0 spiro atoms. The van der Waals surface area contributed by atoms with E-state index >= 15 is 19.2 Å². The number of likely N-dealkylation sites (tertiary alicyclic amines) is 1. The predicted molar refractivity (Wildman–Crippen MR) is 402 cm³/mol. The quantitative estimate of drug-likeness (QED) is 0.0165. The van der Waals surface area contributed by atoms with Gasteiger partial charge >= 0.3 is 5.97 Å². The van der Waals surface area contributed by atoms with Gasteiger partial charge in [-0.3, -0.25) is 77.4 Å². The lowest BCUT2D eigenvalue weighted by Gasteiger charge is -2.38. The fourth-order valence-corrected chi connectivity index (χ4v) is 16.4. The number of hydrogen-bond donors (Lipinski definition) is 17. The van der Waals surface area contributed by atoms with Crippen LogP contribution >= 0.6 is 21.6 Å². The minimum absolute atomic E-state index is 0.000977. The van der Waals surface area contributed by atoms with Crippen LogP contribution in [0, 0.1) is 28.6 Å². The highest BCUT2D eigenvalue weighted by atomic mass is 33.1. The fourth-order valence-electron chi connectivity index (χ4n) is 13.6. The molecule has 5 heterocycles. The summed E-state index contributed by atoms with van der Waals surface area (Å²) < 4.78 is 4.25. The first-order chi connectivity index (χ1) is 50.9. The van der Waals surface area contributed by atoms with E-state index in [1.54, 1.807) is 41.5 Å². The highest BCUT2D eigenvalue weighted by Crippen LogP contribution is 2.39. The summed E-state index contributed by atoms with van der Waals surface area (Å²) in [5, 5.41) is 69.1. The van der Waals surface area contributed by atoms with E-state index in [0.717, 1.165) is 21.6 Å². The fraction of sp³-hybridized carbons (Fsp3) is 0.786. The van der Waals surface area contributed by atoms with E-state index < -0.39 is 215 Å². The molecule has 13 amide bonds. The maximum absolute atomic E-state index is 15.4. The number of nitrogens with zero attached hydrogens (tertiary/aromatic N) is 4. The number of aliphatic hydroxyl groups excluding tert-OH is 2. The minimum Gasteiger partial charge on any atom is -0.481 e. The van der Waals surface area contributed by atoms with E-state index in [0.29, 0.717) is 64.8 Å².